The molecule has 2 rings (SSSR count). The Balaban J connectivity index is 2.24. The first kappa shape index (κ1) is 27.8. The summed E-state index contributed by atoms with van der Waals surface area (Å²) in [7, 11) is 0. The van der Waals surface area contributed by atoms with Gasteiger partial charge in [-0.1, -0.05) is 0 Å². The molecule has 2 atom stereocenters. The molecular formula is C24H39F2N3O3Sn. The van der Waals surface area contributed by atoms with Gasteiger partial charge in [-0.2, -0.15) is 0 Å². The molecule has 186 valence electrons. The van der Waals surface area contributed by atoms with Crippen LogP contribution in [-0.2, 0) is 11.3 Å². The maximum atomic E-state index is 14.7. The molecule has 1 aromatic rings. The van der Waals surface area contributed by atoms with Gasteiger partial charge in [0, 0.05) is 0 Å². The number of carbonyl (C=O) groups is 2. The van der Waals surface area contributed by atoms with E-state index in [4.69, 9.17) is 0 Å². The molecule has 1 saturated heterocycles. The minimum absolute atomic E-state index is 0.0572. The second kappa shape index (κ2) is 13.4. The van der Waals surface area contributed by atoms with Gasteiger partial charge in [-0.25, -0.2) is 0 Å². The fourth-order valence-electron chi connectivity index (χ4n) is 4.76. The summed E-state index contributed by atoms with van der Waals surface area (Å²) in [6.07, 6.45) is 5.26. The molecule has 0 unspecified atom stereocenters. The van der Waals surface area contributed by atoms with E-state index in [9.17, 15) is 23.5 Å². The van der Waals surface area contributed by atoms with E-state index in [1.165, 1.54) is 19.5 Å². The first-order chi connectivity index (χ1) is 15.8. The SMILES string of the molecule is CCC[CH2][Sn]([CH2]CCC)([CH2]CCC)[c]1cc(CNC(=O)[C@@H]2C[C@@H](F)CN2C(=O)O)c(F)cn1. The molecule has 1 fully saturated rings. The number of amides is 2. The van der Waals surface area contributed by atoms with Crippen LogP contribution in [0.5, 0.6) is 0 Å². The summed E-state index contributed by atoms with van der Waals surface area (Å²) >= 11 is -2.86. The Kier molecular flexibility index (Phi) is 11.3. The molecule has 0 spiro atoms. The second-order valence-electron chi connectivity index (χ2n) is 9.25. The molecule has 1 aliphatic rings. The van der Waals surface area contributed by atoms with Crippen LogP contribution in [0.4, 0.5) is 13.6 Å². The molecular weight excluding hydrogens is 535 g/mol. The maximum absolute atomic E-state index is 14.7. The van der Waals surface area contributed by atoms with E-state index in [2.05, 4.69) is 31.1 Å². The van der Waals surface area contributed by atoms with Gasteiger partial charge in [0.15, 0.2) is 0 Å². The van der Waals surface area contributed by atoms with Crippen molar-refractivity contribution in [1.29, 1.82) is 0 Å². The van der Waals surface area contributed by atoms with Crippen LogP contribution >= 0.6 is 0 Å². The molecule has 2 N–H and O–H groups in total. The number of pyridine rings is 1. The van der Waals surface area contributed by atoms with Crippen LogP contribution in [0.25, 0.3) is 0 Å². The van der Waals surface area contributed by atoms with Gasteiger partial charge >= 0.3 is 201 Å². The average Bonchev–Trinajstić information content (AvgIpc) is 3.20. The number of unbranched alkanes of at least 4 members (excludes halogenated alkanes) is 3. The number of halogens is 2. The summed E-state index contributed by atoms with van der Waals surface area (Å²) in [6.45, 7) is 6.21. The number of hydrogen-bond acceptors (Lipinski definition) is 3. The Morgan fingerprint density at radius 2 is 1.73 bits per heavy atom. The summed E-state index contributed by atoms with van der Waals surface area (Å²) in [4.78, 5) is 29.3. The van der Waals surface area contributed by atoms with Gasteiger partial charge in [0.1, 0.15) is 0 Å². The minimum atomic E-state index is -2.86. The van der Waals surface area contributed by atoms with Crippen molar-refractivity contribution in [2.75, 3.05) is 6.54 Å². The molecule has 0 bridgehead atoms. The number of carbonyl (C=O) groups excluding carboxylic acids is 1. The van der Waals surface area contributed by atoms with Gasteiger partial charge in [-0.05, 0) is 0 Å². The van der Waals surface area contributed by atoms with Crippen molar-refractivity contribution >= 4 is 34.1 Å². The number of nitrogens with zero attached hydrogens (tertiary/aromatic N) is 2. The molecule has 9 heteroatoms. The molecule has 2 heterocycles. The second-order valence-corrected chi connectivity index (χ2v) is 22.3. The van der Waals surface area contributed by atoms with Crippen molar-refractivity contribution in [3.05, 3.63) is 23.6 Å². The van der Waals surface area contributed by atoms with E-state index < -0.39 is 48.4 Å². The Hall–Kier alpha value is -1.45. The third-order valence-electron chi connectivity index (χ3n) is 6.76. The van der Waals surface area contributed by atoms with Crippen molar-refractivity contribution < 1.29 is 23.5 Å². The van der Waals surface area contributed by atoms with Crippen molar-refractivity contribution in [2.24, 2.45) is 0 Å². The van der Waals surface area contributed by atoms with Gasteiger partial charge in [-0.3, -0.25) is 0 Å². The summed E-state index contributed by atoms with van der Waals surface area (Å²) < 4.78 is 33.0. The summed E-state index contributed by atoms with van der Waals surface area (Å²) in [5, 5.41) is 11.9. The number of aromatic nitrogens is 1. The normalized spacial score (nSPS) is 18.5. The van der Waals surface area contributed by atoms with Crippen LogP contribution in [0.2, 0.25) is 13.3 Å². The monoisotopic (exact) mass is 575 g/mol. The zero-order valence-corrected chi connectivity index (χ0v) is 23.1. The predicted molar refractivity (Wildman–Crippen MR) is 129 cm³/mol. The van der Waals surface area contributed by atoms with Crippen LogP contribution < -0.4 is 9.03 Å². The summed E-state index contributed by atoms with van der Waals surface area (Å²) in [6, 6.07) is 0.771. The van der Waals surface area contributed by atoms with E-state index in [-0.39, 0.29) is 19.5 Å². The molecule has 0 saturated carbocycles. The number of alkyl halides is 1. The van der Waals surface area contributed by atoms with Crippen molar-refractivity contribution in [1.82, 2.24) is 15.2 Å². The van der Waals surface area contributed by atoms with Crippen molar-refractivity contribution in [3.8, 4) is 0 Å². The van der Waals surface area contributed by atoms with E-state index in [1.807, 2.05) is 6.07 Å². The summed E-state index contributed by atoms with van der Waals surface area (Å²) in [5.41, 5.74) is 0.371. The molecule has 6 nitrogen and oxygen atoms in total. The topological polar surface area (TPSA) is 82.5 Å². The van der Waals surface area contributed by atoms with Crippen LogP contribution in [0.15, 0.2) is 12.3 Å². The standard InChI is InChI=1S/C12H12F2N3O3.3C4H9.Sn/c13-8-3-10(17(6-8)12(19)20)11(18)16-4-7-1-2-15-5-9(7)14;3*1-3-4-2;/h1,5,8,10H,3-4,6H2,(H,16,18)(H,19,20);3*1,3-4H2,2H3;/t8-,10+;;;;/m1..../s1. The van der Waals surface area contributed by atoms with E-state index in [0.717, 1.165) is 47.1 Å². The number of rotatable bonds is 13. The molecule has 0 aliphatic carbocycles. The fraction of sp³-hybridized carbons (Fsp3) is 0.708. The fourth-order valence-corrected chi connectivity index (χ4v) is 20.2. The predicted octanol–water partition coefficient (Wildman–Crippen LogP) is 4.98. The number of carboxylic acid groups (broad SMARTS) is 1. The van der Waals surface area contributed by atoms with Crippen LogP contribution in [0.3, 0.4) is 0 Å². The van der Waals surface area contributed by atoms with Gasteiger partial charge in [-0.15, -0.1) is 0 Å². The quantitative estimate of drug-likeness (QED) is 0.326. The first-order valence-electron chi connectivity index (χ1n) is 12.3. The molecule has 1 aliphatic heterocycles. The van der Waals surface area contributed by atoms with Crippen LogP contribution in [-0.4, -0.2) is 64.1 Å². The van der Waals surface area contributed by atoms with Gasteiger partial charge in [0.2, 0.25) is 0 Å². The van der Waals surface area contributed by atoms with Gasteiger partial charge in [0.25, 0.3) is 0 Å². The Morgan fingerprint density at radius 1 is 1.15 bits per heavy atom. The van der Waals surface area contributed by atoms with Crippen molar-refractivity contribution in [3.63, 3.8) is 0 Å². The number of hydrogen-bond donors (Lipinski definition) is 2. The Morgan fingerprint density at radius 3 is 2.24 bits per heavy atom. The number of likely N-dealkylation sites (tertiary alicyclic amines) is 1. The first-order valence-corrected chi connectivity index (χ1v) is 19.8. The van der Waals surface area contributed by atoms with Crippen LogP contribution in [0, 0.1) is 5.82 Å². The molecule has 0 radical (unpaired) electrons. The Labute approximate surface area is 200 Å². The van der Waals surface area contributed by atoms with E-state index in [1.54, 1.807) is 0 Å². The van der Waals surface area contributed by atoms with Crippen LogP contribution in [0.1, 0.15) is 71.3 Å². The molecule has 0 aromatic carbocycles. The third-order valence-corrected chi connectivity index (χ3v) is 21.9. The zero-order valence-electron chi connectivity index (χ0n) is 20.2. The van der Waals surface area contributed by atoms with E-state index in [0.29, 0.717) is 5.56 Å². The molecule has 1 aromatic heterocycles. The zero-order chi connectivity index (χ0) is 24.4. The molecule has 33 heavy (non-hydrogen) atoms. The average molecular weight is 574 g/mol. The Bertz CT molecular complexity index is 774. The number of nitrogens with one attached hydrogen (secondary N) is 1. The molecule has 2 amide bonds. The van der Waals surface area contributed by atoms with Gasteiger partial charge in [0.05, 0.1) is 0 Å². The van der Waals surface area contributed by atoms with E-state index >= 15 is 0 Å². The van der Waals surface area contributed by atoms with Gasteiger partial charge < -0.3 is 0 Å². The third kappa shape index (κ3) is 7.52. The summed E-state index contributed by atoms with van der Waals surface area (Å²) in [5.74, 6) is -1.07. The van der Waals surface area contributed by atoms with Crippen molar-refractivity contribution in [2.45, 2.75) is 97.8 Å².